The van der Waals surface area contributed by atoms with E-state index in [0.717, 1.165) is 24.0 Å². The van der Waals surface area contributed by atoms with Gasteiger partial charge in [0.05, 0.1) is 0 Å². The van der Waals surface area contributed by atoms with Gasteiger partial charge in [0.2, 0.25) is 5.91 Å². The lowest BCUT2D eigenvalue weighted by Crippen LogP contribution is -2.47. The third-order valence-electron chi connectivity index (χ3n) is 6.94. The van der Waals surface area contributed by atoms with E-state index in [-0.39, 0.29) is 30.4 Å². The molecule has 35 heavy (non-hydrogen) atoms. The number of hydrogen-bond donors (Lipinski definition) is 3. The molecule has 0 heterocycles. The van der Waals surface area contributed by atoms with E-state index in [4.69, 9.17) is 4.74 Å². The lowest BCUT2D eigenvalue weighted by atomic mass is 9.85. The number of nitrogens with one attached hydrogen (secondary N) is 2. The number of benzene rings is 2. The van der Waals surface area contributed by atoms with E-state index < -0.39 is 18.1 Å². The highest BCUT2D eigenvalue weighted by molar-refractivity contribution is 7.98. The molecule has 2 aromatic carbocycles. The van der Waals surface area contributed by atoms with Gasteiger partial charge in [0.15, 0.2) is 0 Å². The van der Waals surface area contributed by atoms with Gasteiger partial charge < -0.3 is 20.5 Å². The maximum atomic E-state index is 12.7. The number of amides is 2. The molecular weight excluding hydrogens is 464 g/mol. The first-order valence-electron chi connectivity index (χ1n) is 12.1. The summed E-state index contributed by atoms with van der Waals surface area (Å²) in [6, 6.07) is 15.3. The third-order valence-corrected chi connectivity index (χ3v) is 7.58. The van der Waals surface area contributed by atoms with E-state index in [1.54, 1.807) is 11.8 Å². The van der Waals surface area contributed by atoms with Crippen LogP contribution in [0.25, 0.3) is 11.1 Å². The van der Waals surface area contributed by atoms with Crippen LogP contribution in [-0.4, -0.2) is 53.8 Å². The lowest BCUT2D eigenvalue weighted by molar-refractivity contribution is -0.142. The third kappa shape index (κ3) is 5.99. The largest absolute Gasteiger partial charge is 0.480 e. The van der Waals surface area contributed by atoms with Gasteiger partial charge in [-0.3, -0.25) is 4.79 Å². The highest BCUT2D eigenvalue weighted by Crippen LogP contribution is 2.44. The molecule has 0 unspecified atom stereocenters. The van der Waals surface area contributed by atoms with Crippen LogP contribution in [0.15, 0.2) is 48.5 Å². The number of hydrogen-bond acceptors (Lipinski definition) is 5. The highest BCUT2D eigenvalue weighted by atomic mass is 32.2. The number of rotatable bonds is 9. The summed E-state index contributed by atoms with van der Waals surface area (Å²) in [5.74, 6) is -0.937. The minimum absolute atomic E-state index is 0.00716. The Kier molecular flexibility index (Phi) is 8.33. The van der Waals surface area contributed by atoms with Gasteiger partial charge in [-0.15, -0.1) is 0 Å². The Balaban J connectivity index is 1.30. The molecule has 0 radical (unpaired) electrons. The van der Waals surface area contributed by atoms with Crippen LogP contribution in [0, 0.1) is 5.92 Å². The quantitative estimate of drug-likeness (QED) is 0.475. The molecule has 0 aromatic heterocycles. The van der Waals surface area contributed by atoms with Gasteiger partial charge in [-0.05, 0) is 59.9 Å². The van der Waals surface area contributed by atoms with E-state index in [0.29, 0.717) is 25.0 Å². The Morgan fingerprint density at radius 3 is 2.34 bits per heavy atom. The Hall–Kier alpha value is -3.00. The molecule has 2 aliphatic carbocycles. The molecule has 8 heteroatoms. The maximum Gasteiger partial charge on any atom is 0.407 e. The summed E-state index contributed by atoms with van der Waals surface area (Å²) >= 11 is 1.55. The second-order valence-electron chi connectivity index (χ2n) is 9.21. The van der Waals surface area contributed by atoms with E-state index in [1.165, 1.54) is 11.1 Å². The van der Waals surface area contributed by atoms with Crippen molar-refractivity contribution in [3.63, 3.8) is 0 Å². The predicted octanol–water partition coefficient (Wildman–Crippen LogP) is 4.41. The average molecular weight is 497 g/mol. The summed E-state index contributed by atoms with van der Waals surface area (Å²) in [5.41, 5.74) is 4.67. The number of alkyl carbamates (subject to hydrolysis) is 1. The molecule has 2 aromatic rings. The van der Waals surface area contributed by atoms with Crippen molar-refractivity contribution in [2.24, 2.45) is 5.92 Å². The summed E-state index contributed by atoms with van der Waals surface area (Å²) in [4.78, 5) is 36.8. The van der Waals surface area contributed by atoms with Crippen LogP contribution in [0.4, 0.5) is 4.79 Å². The van der Waals surface area contributed by atoms with Crippen LogP contribution >= 0.6 is 11.8 Å². The van der Waals surface area contributed by atoms with Crippen molar-refractivity contribution in [3.05, 3.63) is 59.7 Å². The molecule has 2 amide bonds. The monoisotopic (exact) mass is 496 g/mol. The van der Waals surface area contributed by atoms with Crippen molar-refractivity contribution in [1.29, 1.82) is 0 Å². The number of carbonyl (C=O) groups is 3. The van der Waals surface area contributed by atoms with Crippen molar-refractivity contribution in [3.8, 4) is 11.1 Å². The Bertz CT molecular complexity index is 1030. The van der Waals surface area contributed by atoms with Crippen LogP contribution in [0.2, 0.25) is 0 Å². The summed E-state index contributed by atoms with van der Waals surface area (Å²) in [6.45, 7) is 0.242. The highest BCUT2D eigenvalue weighted by Gasteiger charge is 2.32. The van der Waals surface area contributed by atoms with Crippen molar-refractivity contribution >= 4 is 29.7 Å². The Morgan fingerprint density at radius 2 is 1.71 bits per heavy atom. The second kappa shape index (κ2) is 11.6. The van der Waals surface area contributed by atoms with Crippen LogP contribution in [0.3, 0.4) is 0 Å². The van der Waals surface area contributed by atoms with E-state index in [9.17, 15) is 19.5 Å². The number of thioether (sulfide) groups is 1. The molecule has 186 valence electrons. The first-order chi connectivity index (χ1) is 17.0. The van der Waals surface area contributed by atoms with Crippen LogP contribution in [0.5, 0.6) is 0 Å². The fourth-order valence-corrected chi connectivity index (χ4v) is 5.62. The fourth-order valence-electron chi connectivity index (χ4n) is 5.15. The number of carbonyl (C=O) groups excluding carboxylic acids is 2. The number of carboxylic acids is 1. The molecule has 0 saturated heterocycles. The van der Waals surface area contributed by atoms with Gasteiger partial charge in [0.1, 0.15) is 12.6 Å². The van der Waals surface area contributed by atoms with Gasteiger partial charge in [0, 0.05) is 17.9 Å². The summed E-state index contributed by atoms with van der Waals surface area (Å²) < 4.78 is 5.65. The topological polar surface area (TPSA) is 105 Å². The molecule has 3 N–H and O–H groups in total. The smallest absolute Gasteiger partial charge is 0.407 e. The predicted molar refractivity (Wildman–Crippen MR) is 137 cm³/mol. The zero-order valence-corrected chi connectivity index (χ0v) is 20.7. The number of aliphatic carboxylic acids is 1. The number of carboxylic acid groups (broad SMARTS) is 1. The first-order valence-corrected chi connectivity index (χ1v) is 13.5. The van der Waals surface area contributed by atoms with Crippen molar-refractivity contribution in [2.45, 2.75) is 50.1 Å². The van der Waals surface area contributed by atoms with Gasteiger partial charge in [-0.25, -0.2) is 9.59 Å². The van der Waals surface area contributed by atoms with E-state index in [2.05, 4.69) is 34.9 Å². The average Bonchev–Trinajstić information content (AvgIpc) is 3.19. The Labute approximate surface area is 210 Å². The molecule has 1 fully saturated rings. The fraction of sp³-hybridized carbons (Fsp3) is 0.444. The summed E-state index contributed by atoms with van der Waals surface area (Å²) in [7, 11) is 0. The van der Waals surface area contributed by atoms with Crippen molar-refractivity contribution in [2.75, 3.05) is 18.6 Å². The molecule has 2 aliphatic rings. The zero-order chi connectivity index (χ0) is 24.8. The van der Waals surface area contributed by atoms with Gasteiger partial charge in [0.25, 0.3) is 0 Å². The number of ether oxygens (including phenoxy) is 1. The normalized spacial score (nSPS) is 19.8. The molecule has 4 rings (SSSR count). The van der Waals surface area contributed by atoms with Gasteiger partial charge >= 0.3 is 12.1 Å². The summed E-state index contributed by atoms with van der Waals surface area (Å²) in [5, 5.41) is 15.0. The Morgan fingerprint density at radius 1 is 1.06 bits per heavy atom. The first kappa shape index (κ1) is 25.1. The molecule has 3 atom stereocenters. The van der Waals surface area contributed by atoms with E-state index in [1.807, 2.05) is 30.5 Å². The standard InChI is InChI=1S/C27H32N2O5S/c1-35-14-13-24(26(31)32)29-25(30)17-7-6-8-18(15-17)28-27(33)34-16-23-21-11-4-2-9-19(21)20-10-3-5-12-22(20)23/h2-5,9-12,17-18,23-24H,6-8,13-16H2,1H3,(H,28,33)(H,29,30)(H,31,32)/t17-,18+,24+/m0/s1. The molecule has 7 nitrogen and oxygen atoms in total. The minimum Gasteiger partial charge on any atom is -0.480 e. The summed E-state index contributed by atoms with van der Waals surface area (Å²) in [6.07, 6.45) is 4.52. The molecule has 1 saturated carbocycles. The van der Waals surface area contributed by atoms with Gasteiger partial charge in [-0.2, -0.15) is 11.8 Å². The van der Waals surface area contributed by atoms with E-state index >= 15 is 0 Å². The second-order valence-corrected chi connectivity index (χ2v) is 10.2. The van der Waals surface area contributed by atoms with Crippen molar-refractivity contribution in [1.82, 2.24) is 10.6 Å². The SMILES string of the molecule is CSCC[C@@H](NC(=O)[C@H]1CCC[C@@H](NC(=O)OCC2c3ccccc3-c3ccccc32)C1)C(=O)O. The number of fused-ring (bicyclic) bond motifs is 3. The minimum atomic E-state index is -1.02. The van der Waals surface area contributed by atoms with Gasteiger partial charge in [-0.1, -0.05) is 55.0 Å². The lowest BCUT2D eigenvalue weighted by Gasteiger charge is -2.29. The van der Waals surface area contributed by atoms with Crippen LogP contribution < -0.4 is 10.6 Å². The van der Waals surface area contributed by atoms with Crippen molar-refractivity contribution < 1.29 is 24.2 Å². The maximum absolute atomic E-state index is 12.7. The molecule has 0 spiro atoms. The zero-order valence-electron chi connectivity index (χ0n) is 19.9. The molecule has 0 bridgehead atoms. The molecule has 0 aliphatic heterocycles. The van der Waals surface area contributed by atoms with Crippen LogP contribution in [-0.2, 0) is 14.3 Å². The molecular formula is C27H32N2O5S. The van der Waals surface area contributed by atoms with Crippen LogP contribution in [0.1, 0.15) is 49.1 Å².